The molecule has 0 saturated carbocycles. The number of hydrogen-bond donors (Lipinski definition) is 0. The van der Waals surface area contributed by atoms with Crippen molar-refractivity contribution >= 4 is 23.2 Å². The van der Waals surface area contributed by atoms with E-state index in [1.807, 2.05) is 0 Å². The molecule has 0 spiro atoms. The van der Waals surface area contributed by atoms with E-state index in [0.29, 0.717) is 5.56 Å². The van der Waals surface area contributed by atoms with Crippen LogP contribution in [0, 0.1) is 11.6 Å². The van der Waals surface area contributed by atoms with Crippen LogP contribution in [0.2, 0.25) is 5.02 Å². The van der Waals surface area contributed by atoms with E-state index < -0.39 is 23.6 Å². The van der Waals surface area contributed by atoms with Gasteiger partial charge in [0.05, 0.1) is 5.38 Å². The molecule has 1 atom stereocenters. The SMILES string of the molecule is Fc1cc(Cl)c(C(Cl)c2ccc(OC(F)F)cc2)cc1F. The number of rotatable bonds is 4. The minimum Gasteiger partial charge on any atom is -0.435 e. The average molecular weight is 339 g/mol. The van der Waals surface area contributed by atoms with Gasteiger partial charge < -0.3 is 4.74 Å². The van der Waals surface area contributed by atoms with Crippen molar-refractivity contribution in [3.8, 4) is 5.75 Å². The Labute approximate surface area is 128 Å². The van der Waals surface area contributed by atoms with Crippen LogP contribution in [-0.4, -0.2) is 6.61 Å². The predicted molar refractivity (Wildman–Crippen MR) is 72.1 cm³/mol. The molecule has 0 aliphatic rings. The molecule has 0 aromatic heterocycles. The summed E-state index contributed by atoms with van der Waals surface area (Å²) >= 11 is 12.0. The Bertz CT molecular complexity index is 632. The Morgan fingerprint density at radius 1 is 0.952 bits per heavy atom. The molecular formula is C14H8Cl2F4O. The van der Waals surface area contributed by atoms with Crippen LogP contribution >= 0.6 is 23.2 Å². The van der Waals surface area contributed by atoms with Gasteiger partial charge in [-0.1, -0.05) is 23.7 Å². The summed E-state index contributed by atoms with van der Waals surface area (Å²) in [7, 11) is 0. The molecule has 1 nitrogen and oxygen atoms in total. The van der Waals surface area contributed by atoms with Gasteiger partial charge in [0.2, 0.25) is 0 Å². The zero-order valence-electron chi connectivity index (χ0n) is 10.3. The van der Waals surface area contributed by atoms with Crippen LogP contribution in [0.25, 0.3) is 0 Å². The third-order valence-electron chi connectivity index (χ3n) is 2.71. The van der Waals surface area contributed by atoms with Crippen LogP contribution < -0.4 is 4.74 Å². The molecule has 7 heteroatoms. The maximum atomic E-state index is 13.2. The molecule has 2 aromatic carbocycles. The minimum absolute atomic E-state index is 0.0261. The average Bonchev–Trinajstić information content (AvgIpc) is 2.42. The monoisotopic (exact) mass is 338 g/mol. The highest BCUT2D eigenvalue weighted by atomic mass is 35.5. The molecule has 0 aliphatic carbocycles. The van der Waals surface area contributed by atoms with E-state index in [0.717, 1.165) is 12.1 Å². The molecule has 0 amide bonds. The summed E-state index contributed by atoms with van der Waals surface area (Å²) in [5.41, 5.74) is 0.658. The van der Waals surface area contributed by atoms with Gasteiger partial charge in [0.1, 0.15) is 5.75 Å². The first-order valence-corrected chi connectivity index (χ1v) is 6.53. The lowest BCUT2D eigenvalue weighted by atomic mass is 10.0. The first kappa shape index (κ1) is 15.9. The van der Waals surface area contributed by atoms with Gasteiger partial charge in [-0.2, -0.15) is 8.78 Å². The topological polar surface area (TPSA) is 9.23 Å². The van der Waals surface area contributed by atoms with E-state index in [2.05, 4.69) is 4.74 Å². The maximum Gasteiger partial charge on any atom is 0.387 e. The highest BCUT2D eigenvalue weighted by Gasteiger charge is 2.18. The molecule has 2 aromatic rings. The van der Waals surface area contributed by atoms with Crippen LogP contribution in [0.15, 0.2) is 36.4 Å². The van der Waals surface area contributed by atoms with Crippen molar-refractivity contribution in [2.75, 3.05) is 0 Å². The second kappa shape index (κ2) is 6.54. The molecule has 21 heavy (non-hydrogen) atoms. The van der Waals surface area contributed by atoms with Gasteiger partial charge in [-0.05, 0) is 35.4 Å². The van der Waals surface area contributed by atoms with Gasteiger partial charge in [-0.3, -0.25) is 0 Å². The predicted octanol–water partition coefficient (Wildman–Crippen LogP) is 5.55. The van der Waals surface area contributed by atoms with Crippen LogP contribution in [-0.2, 0) is 0 Å². The van der Waals surface area contributed by atoms with E-state index in [9.17, 15) is 17.6 Å². The van der Waals surface area contributed by atoms with Crippen molar-refractivity contribution in [1.29, 1.82) is 0 Å². The summed E-state index contributed by atoms with van der Waals surface area (Å²) in [5, 5.41) is -0.880. The lowest BCUT2D eigenvalue weighted by molar-refractivity contribution is -0.0498. The van der Waals surface area contributed by atoms with E-state index in [1.54, 1.807) is 0 Å². The van der Waals surface area contributed by atoms with Crippen LogP contribution in [0.3, 0.4) is 0 Å². The number of benzene rings is 2. The molecule has 1 unspecified atom stereocenters. The molecule has 0 saturated heterocycles. The van der Waals surface area contributed by atoms with Crippen molar-refractivity contribution < 1.29 is 22.3 Å². The third kappa shape index (κ3) is 3.80. The molecule has 2 rings (SSSR count). The zero-order chi connectivity index (χ0) is 15.6. The van der Waals surface area contributed by atoms with E-state index in [4.69, 9.17) is 23.2 Å². The Morgan fingerprint density at radius 2 is 1.52 bits per heavy atom. The number of alkyl halides is 3. The molecule has 0 heterocycles. The molecule has 0 N–H and O–H groups in total. The first-order valence-electron chi connectivity index (χ1n) is 5.71. The van der Waals surface area contributed by atoms with E-state index >= 15 is 0 Å². The van der Waals surface area contributed by atoms with Crippen molar-refractivity contribution in [3.05, 3.63) is 64.2 Å². The lowest BCUT2D eigenvalue weighted by Gasteiger charge is -2.13. The molecule has 0 radical (unpaired) electrons. The quantitative estimate of drug-likeness (QED) is 0.403. The second-order valence-electron chi connectivity index (χ2n) is 4.10. The fourth-order valence-corrected chi connectivity index (χ4v) is 2.37. The van der Waals surface area contributed by atoms with Crippen molar-refractivity contribution in [2.45, 2.75) is 12.0 Å². The fraction of sp³-hybridized carbons (Fsp3) is 0.143. The van der Waals surface area contributed by atoms with E-state index in [-0.39, 0.29) is 16.3 Å². The highest BCUT2D eigenvalue weighted by Crippen LogP contribution is 2.35. The number of ether oxygens (including phenoxy) is 1. The van der Waals surface area contributed by atoms with Crippen LogP contribution in [0.1, 0.15) is 16.5 Å². The van der Waals surface area contributed by atoms with E-state index in [1.165, 1.54) is 24.3 Å². The maximum absolute atomic E-state index is 13.2. The van der Waals surface area contributed by atoms with Gasteiger partial charge in [0.25, 0.3) is 0 Å². The summed E-state index contributed by atoms with van der Waals surface area (Å²) in [6.07, 6.45) is 0. The minimum atomic E-state index is -2.93. The van der Waals surface area contributed by atoms with Crippen molar-refractivity contribution in [1.82, 2.24) is 0 Å². The Morgan fingerprint density at radius 3 is 2.10 bits per heavy atom. The summed E-state index contributed by atoms with van der Waals surface area (Å²) in [4.78, 5) is 0. The third-order valence-corrected chi connectivity index (χ3v) is 3.52. The smallest absolute Gasteiger partial charge is 0.387 e. The van der Waals surface area contributed by atoms with Gasteiger partial charge in [-0.25, -0.2) is 8.78 Å². The van der Waals surface area contributed by atoms with Crippen LogP contribution in [0.5, 0.6) is 5.75 Å². The standard InChI is InChI=1S/C14H8Cl2F4O/c15-10-6-12(18)11(17)5-9(10)13(16)7-1-3-8(4-2-7)21-14(19)20/h1-6,13-14H. The number of hydrogen-bond acceptors (Lipinski definition) is 1. The van der Waals surface area contributed by atoms with Crippen molar-refractivity contribution in [2.24, 2.45) is 0 Å². The summed E-state index contributed by atoms with van der Waals surface area (Å²) in [6.45, 7) is -2.93. The zero-order valence-corrected chi connectivity index (χ0v) is 11.8. The van der Waals surface area contributed by atoms with Crippen molar-refractivity contribution in [3.63, 3.8) is 0 Å². The Kier molecular flexibility index (Phi) is 4.96. The molecule has 0 bridgehead atoms. The molecule has 0 fully saturated rings. The molecule has 0 aliphatic heterocycles. The second-order valence-corrected chi connectivity index (χ2v) is 4.94. The van der Waals surface area contributed by atoms with Gasteiger partial charge in [0, 0.05) is 5.02 Å². The Hall–Kier alpha value is -1.46. The van der Waals surface area contributed by atoms with Crippen LogP contribution in [0.4, 0.5) is 17.6 Å². The number of halogens is 6. The summed E-state index contributed by atoms with van der Waals surface area (Å²) < 4.78 is 54.5. The van der Waals surface area contributed by atoms with Gasteiger partial charge >= 0.3 is 6.61 Å². The first-order chi connectivity index (χ1) is 9.88. The fourth-order valence-electron chi connectivity index (χ4n) is 1.73. The summed E-state index contributed by atoms with van der Waals surface area (Å²) in [5.74, 6) is -2.18. The lowest BCUT2D eigenvalue weighted by Crippen LogP contribution is -2.02. The van der Waals surface area contributed by atoms with Gasteiger partial charge in [-0.15, -0.1) is 11.6 Å². The highest BCUT2D eigenvalue weighted by molar-refractivity contribution is 6.33. The normalized spacial score (nSPS) is 12.5. The largest absolute Gasteiger partial charge is 0.435 e. The Balaban J connectivity index is 2.27. The summed E-state index contributed by atoms with van der Waals surface area (Å²) in [6, 6.07) is 7.20. The van der Waals surface area contributed by atoms with Gasteiger partial charge in [0.15, 0.2) is 11.6 Å². The molecular weight excluding hydrogens is 331 g/mol. The molecule has 112 valence electrons.